The van der Waals surface area contributed by atoms with E-state index in [2.05, 4.69) is 64.1 Å². The number of rotatable bonds is 4. The van der Waals surface area contributed by atoms with Gasteiger partial charge in [-0.15, -0.1) is 0 Å². The molecule has 1 aliphatic rings. The van der Waals surface area contributed by atoms with E-state index in [1.54, 1.807) is 0 Å². The Hall–Kier alpha value is -1.02. The molecule has 2 rings (SSSR count). The second-order valence-electron chi connectivity index (χ2n) is 5.75. The lowest BCUT2D eigenvalue weighted by atomic mass is 10.2. The van der Waals surface area contributed by atoms with Gasteiger partial charge in [-0.3, -0.25) is 0 Å². The molecule has 19 heavy (non-hydrogen) atoms. The van der Waals surface area contributed by atoms with Crippen molar-refractivity contribution in [3.8, 4) is 0 Å². The van der Waals surface area contributed by atoms with Gasteiger partial charge in [0.15, 0.2) is 0 Å². The largest absolute Gasteiger partial charge is 0.542 e. The molecule has 0 amide bonds. The van der Waals surface area contributed by atoms with E-state index in [0.29, 0.717) is 11.1 Å². The van der Waals surface area contributed by atoms with Crippen molar-refractivity contribution in [3.05, 3.63) is 42.2 Å². The van der Waals surface area contributed by atoms with Crippen molar-refractivity contribution in [2.24, 2.45) is 0 Å². The van der Waals surface area contributed by atoms with Crippen LogP contribution >= 0.6 is 0 Å². The van der Waals surface area contributed by atoms with Crippen LogP contribution in [0.25, 0.3) is 0 Å². The maximum Gasteiger partial charge on any atom is 0.287 e. The highest BCUT2D eigenvalue weighted by molar-refractivity contribution is 6.89. The second-order valence-corrected chi connectivity index (χ2v) is 10.1. The van der Waals surface area contributed by atoms with Crippen LogP contribution in [-0.4, -0.2) is 8.32 Å². The lowest BCUT2D eigenvalue weighted by Crippen LogP contribution is -2.53. The number of benzene rings is 1. The number of allylic oxidation sites excluding steroid dienone is 2. The van der Waals surface area contributed by atoms with Crippen molar-refractivity contribution < 1.29 is 4.43 Å². The van der Waals surface area contributed by atoms with Gasteiger partial charge in [-0.2, -0.15) is 0 Å². The van der Waals surface area contributed by atoms with Crippen molar-refractivity contribution >= 4 is 13.5 Å². The van der Waals surface area contributed by atoms with Crippen LogP contribution in [0.2, 0.25) is 11.1 Å². The van der Waals surface area contributed by atoms with Crippen LogP contribution in [0.15, 0.2) is 42.2 Å². The van der Waals surface area contributed by atoms with E-state index >= 15 is 0 Å². The Morgan fingerprint density at radius 3 is 2.26 bits per heavy atom. The molecule has 0 radical (unpaired) electrons. The van der Waals surface area contributed by atoms with E-state index in [9.17, 15) is 0 Å². The minimum absolute atomic E-state index is 0.700. The van der Waals surface area contributed by atoms with Gasteiger partial charge < -0.3 is 4.43 Å². The van der Waals surface area contributed by atoms with E-state index < -0.39 is 8.32 Å². The standard InChI is InChI=1S/C17H26OSi/c1-5-16(6-2)18-19(14(3)12-13-15(19)4)17-10-8-7-9-11-17/h5,7-11,14-15H,6,12-13H2,1-4H3/b16-5+. The molecule has 1 aliphatic heterocycles. The average molecular weight is 274 g/mol. The van der Waals surface area contributed by atoms with Gasteiger partial charge in [0.25, 0.3) is 8.32 Å². The van der Waals surface area contributed by atoms with E-state index in [-0.39, 0.29) is 0 Å². The zero-order valence-corrected chi connectivity index (χ0v) is 13.6. The van der Waals surface area contributed by atoms with Gasteiger partial charge in [-0.1, -0.05) is 57.2 Å². The SMILES string of the molecule is C/C=C(\CC)O[Si]1(c2ccccc2)C(C)CCC1C. The maximum absolute atomic E-state index is 6.71. The molecule has 1 fully saturated rings. The van der Waals surface area contributed by atoms with E-state index in [4.69, 9.17) is 4.43 Å². The molecule has 1 heterocycles. The Morgan fingerprint density at radius 2 is 1.79 bits per heavy atom. The molecule has 2 atom stereocenters. The summed E-state index contributed by atoms with van der Waals surface area (Å²) in [7, 11) is -1.89. The molecular weight excluding hydrogens is 248 g/mol. The Kier molecular flexibility index (Phi) is 4.51. The van der Waals surface area contributed by atoms with Crippen LogP contribution in [0.3, 0.4) is 0 Å². The third-order valence-corrected chi connectivity index (χ3v) is 10.0. The highest BCUT2D eigenvalue weighted by Crippen LogP contribution is 2.47. The predicted octanol–water partition coefficient (Wildman–Crippen LogP) is 4.74. The van der Waals surface area contributed by atoms with Gasteiger partial charge in [0.05, 0.1) is 5.76 Å². The van der Waals surface area contributed by atoms with Gasteiger partial charge in [-0.25, -0.2) is 0 Å². The molecule has 0 saturated carbocycles. The summed E-state index contributed by atoms with van der Waals surface area (Å²) in [6.07, 6.45) is 5.76. The summed E-state index contributed by atoms with van der Waals surface area (Å²) in [6, 6.07) is 11.0. The molecule has 1 aromatic carbocycles. The molecule has 2 heteroatoms. The van der Waals surface area contributed by atoms with Crippen LogP contribution in [0.5, 0.6) is 0 Å². The summed E-state index contributed by atoms with van der Waals surface area (Å²) < 4.78 is 6.71. The summed E-state index contributed by atoms with van der Waals surface area (Å²) in [6.45, 7) is 9.07. The van der Waals surface area contributed by atoms with Gasteiger partial charge >= 0.3 is 0 Å². The zero-order chi connectivity index (χ0) is 13.9. The molecule has 1 saturated heterocycles. The van der Waals surface area contributed by atoms with E-state index in [1.807, 2.05) is 0 Å². The fourth-order valence-electron chi connectivity index (χ4n) is 3.49. The highest BCUT2D eigenvalue weighted by Gasteiger charge is 2.53. The zero-order valence-electron chi connectivity index (χ0n) is 12.6. The quantitative estimate of drug-likeness (QED) is 0.569. The predicted molar refractivity (Wildman–Crippen MR) is 85.0 cm³/mol. The Bertz CT molecular complexity index is 428. The van der Waals surface area contributed by atoms with Crippen molar-refractivity contribution in [1.29, 1.82) is 0 Å². The Balaban J connectivity index is 2.45. The summed E-state index contributed by atoms with van der Waals surface area (Å²) >= 11 is 0. The van der Waals surface area contributed by atoms with Crippen LogP contribution in [0.1, 0.15) is 47.0 Å². The molecule has 1 aromatic rings. The normalized spacial score (nSPS) is 31.5. The van der Waals surface area contributed by atoms with Gasteiger partial charge in [-0.05, 0) is 36.0 Å². The first-order valence-electron chi connectivity index (χ1n) is 7.54. The summed E-state index contributed by atoms with van der Waals surface area (Å²) in [4.78, 5) is 0. The van der Waals surface area contributed by atoms with Crippen LogP contribution in [-0.2, 0) is 4.43 Å². The molecule has 104 valence electrons. The topological polar surface area (TPSA) is 9.23 Å². The van der Waals surface area contributed by atoms with E-state index in [1.165, 1.54) is 23.8 Å². The lowest BCUT2D eigenvalue weighted by molar-refractivity contribution is 0.388. The number of hydrogen-bond acceptors (Lipinski definition) is 1. The fraction of sp³-hybridized carbons (Fsp3) is 0.529. The van der Waals surface area contributed by atoms with E-state index in [0.717, 1.165) is 6.42 Å². The third-order valence-electron chi connectivity index (χ3n) is 4.69. The van der Waals surface area contributed by atoms with Crippen LogP contribution in [0.4, 0.5) is 0 Å². The minimum atomic E-state index is -1.89. The second kappa shape index (κ2) is 5.95. The first-order chi connectivity index (χ1) is 9.15. The molecule has 0 aromatic heterocycles. The smallest absolute Gasteiger partial charge is 0.287 e. The lowest BCUT2D eigenvalue weighted by Gasteiger charge is -2.37. The first kappa shape index (κ1) is 14.4. The molecule has 0 aliphatic carbocycles. The molecule has 0 N–H and O–H groups in total. The molecular formula is C17H26OSi. The minimum Gasteiger partial charge on any atom is -0.542 e. The third kappa shape index (κ3) is 2.51. The summed E-state index contributed by atoms with van der Waals surface area (Å²) in [5, 5.41) is 1.47. The van der Waals surface area contributed by atoms with Crippen LogP contribution < -0.4 is 5.19 Å². The highest BCUT2D eigenvalue weighted by atomic mass is 28.4. The Morgan fingerprint density at radius 1 is 1.21 bits per heavy atom. The average Bonchev–Trinajstić information content (AvgIpc) is 2.74. The summed E-state index contributed by atoms with van der Waals surface area (Å²) in [5.41, 5.74) is 1.40. The van der Waals surface area contributed by atoms with Crippen molar-refractivity contribution in [1.82, 2.24) is 0 Å². The van der Waals surface area contributed by atoms with Crippen molar-refractivity contribution in [3.63, 3.8) is 0 Å². The summed E-state index contributed by atoms with van der Waals surface area (Å²) in [5.74, 6) is 1.18. The Labute approximate surface area is 118 Å². The molecule has 2 unspecified atom stereocenters. The molecule has 1 nitrogen and oxygen atoms in total. The van der Waals surface area contributed by atoms with Gasteiger partial charge in [0, 0.05) is 6.42 Å². The molecule has 0 bridgehead atoms. The van der Waals surface area contributed by atoms with Gasteiger partial charge in [0.2, 0.25) is 0 Å². The monoisotopic (exact) mass is 274 g/mol. The van der Waals surface area contributed by atoms with Crippen LogP contribution in [0, 0.1) is 0 Å². The fourth-order valence-corrected chi connectivity index (χ4v) is 8.72. The van der Waals surface area contributed by atoms with Crippen molar-refractivity contribution in [2.45, 2.75) is 58.0 Å². The first-order valence-corrected chi connectivity index (χ1v) is 9.61. The maximum atomic E-state index is 6.71. The molecule has 0 spiro atoms. The van der Waals surface area contributed by atoms with Gasteiger partial charge in [0.1, 0.15) is 0 Å². The number of hydrogen-bond donors (Lipinski definition) is 0. The van der Waals surface area contributed by atoms with Crippen molar-refractivity contribution in [2.75, 3.05) is 0 Å².